The number of phosphoric ester groups is 3. The van der Waals surface area contributed by atoms with Crippen LogP contribution in [0.3, 0.4) is 0 Å². The Labute approximate surface area is 317 Å². The maximum Gasteiger partial charge on any atom is 1.00 e. The SMILES string of the molecule is NC(=O)C1=CN(C2OC(COP(=O)(O)OP(=O)([O-])OCC3OC(n4cnc5c(N)ncnc54)C(OP(=O)(O)O)C3O)C(O)C2O)C=CC1.[K+]. The Morgan fingerprint density at radius 2 is 1.65 bits per heavy atom. The molecule has 24 nitrogen and oxygen atoms in total. The molecule has 3 aliphatic heterocycles. The van der Waals surface area contributed by atoms with Gasteiger partial charge >= 0.3 is 67.0 Å². The molecule has 2 fully saturated rings. The predicted molar refractivity (Wildman–Crippen MR) is 151 cm³/mol. The zero-order valence-electron chi connectivity index (χ0n) is 25.0. The van der Waals surface area contributed by atoms with Crippen LogP contribution < -0.4 is 67.7 Å². The van der Waals surface area contributed by atoms with E-state index in [-0.39, 0.29) is 80.4 Å². The minimum Gasteiger partial charge on any atom is -0.756 e. The van der Waals surface area contributed by atoms with Gasteiger partial charge in [-0.15, -0.1) is 0 Å². The molecule has 2 aromatic heterocycles. The third kappa shape index (κ3) is 9.67. The molecule has 10 unspecified atom stereocenters. The van der Waals surface area contributed by atoms with Gasteiger partial charge in [0.1, 0.15) is 48.5 Å². The van der Waals surface area contributed by atoms with Crippen LogP contribution in [0, 0.1) is 0 Å². The summed E-state index contributed by atoms with van der Waals surface area (Å²) in [6.45, 7) is -2.11. The molecule has 5 heterocycles. The molecule has 49 heavy (non-hydrogen) atoms. The molecule has 2 saturated heterocycles. The van der Waals surface area contributed by atoms with Gasteiger partial charge in [-0.1, -0.05) is 6.08 Å². The van der Waals surface area contributed by atoms with Crippen LogP contribution in [-0.4, -0.2) is 116 Å². The molecule has 0 spiro atoms. The van der Waals surface area contributed by atoms with E-state index in [1.54, 1.807) is 0 Å². The number of aliphatic hydroxyl groups is 3. The van der Waals surface area contributed by atoms with Crippen molar-refractivity contribution < 1.29 is 132 Å². The molecule has 28 heteroatoms. The molecule has 3 aliphatic rings. The van der Waals surface area contributed by atoms with E-state index >= 15 is 0 Å². The topological polar surface area (TPSA) is 367 Å². The number of carbonyl (C=O) groups excluding carboxylic acids is 1. The van der Waals surface area contributed by atoms with Gasteiger partial charge in [0.2, 0.25) is 5.91 Å². The third-order valence-electron chi connectivity index (χ3n) is 7.10. The standard InChI is InChI=1S/C21H30N7O17P3.K/c22-17-12-19(25-7-24-17)28(8-26-12)21-16(44-46(33,34)35)14(30)11(43-21)6-41-48(38,39)45-47(36,37)40-5-10-13(29)15(31)20(42-10)27-3-1-2-9(4-27)18(23)32;/h1,3-4,7-8,10-11,13-16,20-21,29-31H,2,5-6H2,(H2,23,32)(H,36,37)(H,38,39)(H2,22,24,25)(H2,33,34,35);/q;+1/p-1. The van der Waals surface area contributed by atoms with E-state index in [0.717, 1.165) is 17.2 Å². The minimum absolute atomic E-state index is 0. The van der Waals surface area contributed by atoms with Gasteiger partial charge in [0.05, 0.1) is 19.5 Å². The maximum absolute atomic E-state index is 12.5. The Kier molecular flexibility index (Phi) is 13.2. The summed E-state index contributed by atoms with van der Waals surface area (Å²) in [6, 6.07) is 0. The van der Waals surface area contributed by atoms with E-state index in [4.69, 9.17) is 20.9 Å². The third-order valence-corrected chi connectivity index (χ3v) is 10.2. The van der Waals surface area contributed by atoms with Crippen LogP contribution in [0.4, 0.5) is 5.82 Å². The summed E-state index contributed by atoms with van der Waals surface area (Å²) < 4.78 is 66.7. The number of fused-ring (bicyclic) bond motifs is 1. The number of imidazole rings is 1. The number of aromatic nitrogens is 4. The van der Waals surface area contributed by atoms with Crippen molar-refractivity contribution in [3.8, 4) is 0 Å². The number of phosphoric acid groups is 3. The zero-order chi connectivity index (χ0) is 35.2. The van der Waals surface area contributed by atoms with E-state index in [1.807, 2.05) is 0 Å². The van der Waals surface area contributed by atoms with Crippen LogP contribution in [0.2, 0.25) is 0 Å². The van der Waals surface area contributed by atoms with Crippen molar-refractivity contribution in [2.75, 3.05) is 18.9 Å². The number of nitrogens with zero attached hydrogens (tertiary/aromatic N) is 5. The Hall–Kier alpha value is -1.09. The van der Waals surface area contributed by atoms with Crippen LogP contribution >= 0.6 is 23.5 Å². The first-order chi connectivity index (χ1) is 22.4. The molecule has 10 N–H and O–H groups in total. The predicted octanol–water partition coefficient (Wildman–Crippen LogP) is -6.20. The van der Waals surface area contributed by atoms with Gasteiger partial charge in [-0.05, 0) is 6.42 Å². The van der Waals surface area contributed by atoms with E-state index in [9.17, 15) is 53.4 Å². The number of ether oxygens (including phenoxy) is 2. The Morgan fingerprint density at radius 3 is 2.33 bits per heavy atom. The van der Waals surface area contributed by atoms with E-state index in [0.29, 0.717) is 0 Å². The second-order valence-electron chi connectivity index (χ2n) is 10.4. The fourth-order valence-electron chi connectivity index (χ4n) is 4.93. The number of anilines is 1. The summed E-state index contributed by atoms with van der Waals surface area (Å²) in [5, 5.41) is 31.5. The average molecular weight is 784 g/mol. The molecule has 0 saturated carbocycles. The molecule has 10 atom stereocenters. The number of hydrogen-bond donors (Lipinski definition) is 8. The number of allylic oxidation sites excluding steroid dienone is 1. The number of carbonyl (C=O) groups is 1. The number of rotatable bonds is 13. The number of amides is 1. The van der Waals surface area contributed by atoms with Crippen LogP contribution in [-0.2, 0) is 45.8 Å². The van der Waals surface area contributed by atoms with E-state index in [2.05, 4.69) is 32.8 Å². The molecule has 266 valence electrons. The second kappa shape index (κ2) is 15.9. The summed E-state index contributed by atoms with van der Waals surface area (Å²) in [5.74, 6) is -0.805. The van der Waals surface area contributed by atoms with Gasteiger partial charge in [0.15, 0.2) is 23.9 Å². The number of primary amides is 1. The number of hydrogen-bond acceptors (Lipinski definition) is 19. The Morgan fingerprint density at radius 1 is 1.00 bits per heavy atom. The monoisotopic (exact) mass is 783 g/mol. The van der Waals surface area contributed by atoms with Crippen molar-refractivity contribution in [1.82, 2.24) is 24.4 Å². The summed E-state index contributed by atoms with van der Waals surface area (Å²) in [6.07, 6.45) is -6.69. The van der Waals surface area contributed by atoms with Gasteiger partial charge in [-0.25, -0.2) is 28.4 Å². The zero-order valence-corrected chi connectivity index (χ0v) is 30.8. The smallest absolute Gasteiger partial charge is 0.756 e. The fraction of sp³-hybridized carbons (Fsp3) is 0.524. The van der Waals surface area contributed by atoms with Crippen molar-refractivity contribution in [3.63, 3.8) is 0 Å². The molecule has 1 amide bonds. The molecule has 0 radical (unpaired) electrons. The first-order valence-electron chi connectivity index (χ1n) is 13.5. The molecular weight excluding hydrogens is 754 g/mol. The first kappa shape index (κ1) is 40.7. The minimum atomic E-state index is -5.77. The van der Waals surface area contributed by atoms with Gasteiger partial charge in [0, 0.05) is 18.0 Å². The molecular formula is C21H29KN7O17P3. The van der Waals surface area contributed by atoms with Crippen molar-refractivity contribution in [2.45, 2.75) is 55.5 Å². The second-order valence-corrected chi connectivity index (χ2v) is 14.6. The van der Waals surface area contributed by atoms with Crippen molar-refractivity contribution >= 4 is 46.4 Å². The summed E-state index contributed by atoms with van der Waals surface area (Å²) in [4.78, 5) is 65.7. The average Bonchev–Trinajstić information content (AvgIpc) is 3.64. The van der Waals surface area contributed by atoms with Crippen molar-refractivity contribution in [2.24, 2.45) is 5.73 Å². The summed E-state index contributed by atoms with van der Waals surface area (Å²) >= 11 is 0. The largest absolute Gasteiger partial charge is 1.00 e. The Balaban J connectivity index is 0.00000541. The maximum atomic E-state index is 12.5. The molecule has 5 rings (SSSR count). The summed E-state index contributed by atoms with van der Waals surface area (Å²) in [5.41, 5.74) is 11.2. The van der Waals surface area contributed by atoms with Gasteiger partial charge < -0.3 is 65.3 Å². The van der Waals surface area contributed by atoms with Crippen LogP contribution in [0.1, 0.15) is 12.6 Å². The van der Waals surface area contributed by atoms with Gasteiger partial charge in [-0.3, -0.25) is 23.0 Å². The van der Waals surface area contributed by atoms with E-state index < -0.39 is 91.7 Å². The molecule has 2 aromatic rings. The Bertz CT molecular complexity index is 1740. The van der Waals surface area contributed by atoms with Gasteiger partial charge in [0.25, 0.3) is 7.82 Å². The first-order valence-corrected chi connectivity index (χ1v) is 18.0. The fourth-order valence-corrected chi connectivity index (χ4v) is 7.53. The van der Waals surface area contributed by atoms with Crippen molar-refractivity contribution in [3.05, 3.63) is 36.7 Å². The van der Waals surface area contributed by atoms with Crippen LogP contribution in [0.25, 0.3) is 11.2 Å². The van der Waals surface area contributed by atoms with Crippen molar-refractivity contribution in [1.29, 1.82) is 0 Å². The number of nitrogens with two attached hydrogens (primary N) is 2. The quantitative estimate of drug-likeness (QED) is 0.0692. The molecule has 0 aliphatic carbocycles. The van der Waals surface area contributed by atoms with E-state index in [1.165, 1.54) is 23.4 Å². The molecule has 0 bridgehead atoms. The number of aliphatic hydroxyl groups excluding tert-OH is 3. The summed E-state index contributed by atoms with van der Waals surface area (Å²) in [7, 11) is -16.6. The van der Waals surface area contributed by atoms with Crippen LogP contribution in [0.15, 0.2) is 36.7 Å². The van der Waals surface area contributed by atoms with Gasteiger partial charge in [-0.2, -0.15) is 0 Å². The molecule has 0 aromatic carbocycles. The number of nitrogen functional groups attached to an aromatic ring is 1. The van der Waals surface area contributed by atoms with Crippen LogP contribution in [0.5, 0.6) is 0 Å². The normalized spacial score (nSPS) is 31.2.